The van der Waals surface area contributed by atoms with Crippen molar-refractivity contribution in [3.63, 3.8) is 0 Å². The van der Waals surface area contributed by atoms with Crippen LogP contribution in [0.4, 0.5) is 0 Å². The Morgan fingerprint density at radius 2 is 1.95 bits per heavy atom. The maximum absolute atomic E-state index is 11.4. The maximum atomic E-state index is 11.4. The monoisotopic (exact) mass is 267 g/mol. The topological polar surface area (TPSA) is 81.8 Å². The summed E-state index contributed by atoms with van der Waals surface area (Å²) in [4.78, 5) is 11.4. The number of carbonyl (C=O) groups is 1. The van der Waals surface area contributed by atoms with Crippen LogP contribution in [0.3, 0.4) is 0 Å². The number of hydrogen-bond donors (Lipinski definition) is 2. The third-order valence-electron chi connectivity index (χ3n) is 2.68. The number of carboxylic acids is 1. The van der Waals surface area contributed by atoms with Crippen molar-refractivity contribution in [3.05, 3.63) is 35.9 Å². The third kappa shape index (κ3) is 4.63. The molecule has 1 unspecified atom stereocenters. The third-order valence-corrected chi connectivity index (χ3v) is 2.68. The minimum absolute atomic E-state index is 0.0895. The van der Waals surface area contributed by atoms with Crippen LogP contribution in [0.15, 0.2) is 30.3 Å². The zero-order valence-electron chi connectivity index (χ0n) is 11.3. The Morgan fingerprint density at radius 1 is 1.32 bits per heavy atom. The van der Waals surface area contributed by atoms with Crippen molar-refractivity contribution >= 4 is 5.97 Å². The second kappa shape index (κ2) is 7.23. The number of nitrogens with two attached hydrogens (primary N) is 1. The van der Waals surface area contributed by atoms with Gasteiger partial charge in [0.05, 0.1) is 25.9 Å². The van der Waals surface area contributed by atoms with Gasteiger partial charge in [0.1, 0.15) is 0 Å². The number of benzene rings is 1. The first kappa shape index (κ1) is 15.6. The fourth-order valence-corrected chi connectivity index (χ4v) is 1.58. The van der Waals surface area contributed by atoms with Crippen LogP contribution in [-0.2, 0) is 19.8 Å². The highest BCUT2D eigenvalue weighted by atomic mass is 16.5. The van der Waals surface area contributed by atoms with Crippen LogP contribution in [-0.4, -0.2) is 37.0 Å². The summed E-state index contributed by atoms with van der Waals surface area (Å²) in [6.07, 6.45) is 0.125. The lowest BCUT2D eigenvalue weighted by Crippen LogP contribution is -2.49. The molecule has 5 nitrogen and oxygen atoms in total. The first-order valence-electron chi connectivity index (χ1n) is 6.24. The largest absolute Gasteiger partial charge is 0.480 e. The molecule has 1 aromatic rings. The molecule has 0 radical (unpaired) electrons. The molecule has 1 rings (SSSR count). The van der Waals surface area contributed by atoms with Crippen LogP contribution < -0.4 is 5.73 Å². The van der Waals surface area contributed by atoms with Gasteiger partial charge in [-0.2, -0.15) is 0 Å². The molecule has 0 amide bonds. The summed E-state index contributed by atoms with van der Waals surface area (Å²) in [6.45, 7) is 4.50. The van der Waals surface area contributed by atoms with Gasteiger partial charge in [0.15, 0.2) is 5.54 Å². The van der Waals surface area contributed by atoms with E-state index >= 15 is 0 Å². The van der Waals surface area contributed by atoms with Crippen LogP contribution in [0, 0.1) is 0 Å². The molecule has 0 aliphatic heterocycles. The molecule has 0 fully saturated rings. The molecule has 19 heavy (non-hydrogen) atoms. The van der Waals surface area contributed by atoms with Gasteiger partial charge in [0, 0.05) is 0 Å². The van der Waals surface area contributed by atoms with Gasteiger partial charge in [-0.1, -0.05) is 30.3 Å². The molecule has 1 atom stereocenters. The van der Waals surface area contributed by atoms with Crippen LogP contribution in [0.5, 0.6) is 0 Å². The van der Waals surface area contributed by atoms with Gasteiger partial charge >= 0.3 is 5.97 Å². The summed E-state index contributed by atoms with van der Waals surface area (Å²) < 4.78 is 10.6. The van der Waals surface area contributed by atoms with Gasteiger partial charge in [-0.05, 0) is 19.4 Å². The van der Waals surface area contributed by atoms with Gasteiger partial charge < -0.3 is 20.3 Å². The van der Waals surface area contributed by atoms with Crippen LogP contribution in [0.1, 0.15) is 19.4 Å². The second-order valence-electron chi connectivity index (χ2n) is 4.61. The van der Waals surface area contributed by atoms with Gasteiger partial charge in [-0.25, -0.2) is 4.79 Å². The normalized spacial score (nSPS) is 14.3. The van der Waals surface area contributed by atoms with Crippen molar-refractivity contribution in [2.75, 3.05) is 19.8 Å². The summed E-state index contributed by atoms with van der Waals surface area (Å²) in [5.74, 6) is -1.11. The van der Waals surface area contributed by atoms with Crippen molar-refractivity contribution in [1.29, 1.82) is 0 Å². The molecule has 5 heteroatoms. The van der Waals surface area contributed by atoms with Crippen molar-refractivity contribution in [2.45, 2.75) is 25.5 Å². The number of carboxylic acid groups (broad SMARTS) is 1. The first-order chi connectivity index (χ1) is 8.97. The predicted octanol–water partition coefficient (Wildman–Crippen LogP) is 1.37. The van der Waals surface area contributed by atoms with E-state index in [0.717, 1.165) is 0 Å². The maximum Gasteiger partial charge on any atom is 0.330 e. The molecule has 0 aromatic heterocycles. The molecule has 0 spiro atoms. The van der Waals surface area contributed by atoms with Crippen molar-refractivity contribution < 1.29 is 19.4 Å². The minimum atomic E-state index is -1.53. The fraction of sp³-hybridized carbons (Fsp3) is 0.500. The van der Waals surface area contributed by atoms with Gasteiger partial charge in [-0.3, -0.25) is 0 Å². The van der Waals surface area contributed by atoms with E-state index in [2.05, 4.69) is 0 Å². The van der Waals surface area contributed by atoms with E-state index < -0.39 is 11.5 Å². The summed E-state index contributed by atoms with van der Waals surface area (Å²) in [5.41, 5.74) is 4.93. The Morgan fingerprint density at radius 3 is 2.47 bits per heavy atom. The highest BCUT2D eigenvalue weighted by Crippen LogP contribution is 2.18. The number of hydrogen-bond acceptors (Lipinski definition) is 4. The average Bonchev–Trinajstić information content (AvgIpc) is 2.38. The van der Waals surface area contributed by atoms with E-state index in [1.54, 1.807) is 24.3 Å². The Bertz CT molecular complexity index is 394. The lowest BCUT2D eigenvalue weighted by atomic mass is 9.92. The molecular formula is C14H21NO4. The average molecular weight is 267 g/mol. The van der Waals surface area contributed by atoms with Crippen molar-refractivity contribution in [1.82, 2.24) is 0 Å². The van der Waals surface area contributed by atoms with Gasteiger partial charge in [0.2, 0.25) is 0 Å². The SMILES string of the molecule is CC(C)OCCOCC(N)(C(=O)O)c1ccccc1. The van der Waals surface area contributed by atoms with E-state index in [9.17, 15) is 9.90 Å². The van der Waals surface area contributed by atoms with Crippen LogP contribution >= 0.6 is 0 Å². The second-order valence-corrected chi connectivity index (χ2v) is 4.61. The fourth-order valence-electron chi connectivity index (χ4n) is 1.58. The van der Waals surface area contributed by atoms with Gasteiger partial charge in [-0.15, -0.1) is 0 Å². The molecule has 106 valence electrons. The molecule has 0 saturated carbocycles. The Hall–Kier alpha value is -1.43. The van der Waals surface area contributed by atoms with E-state index in [1.807, 2.05) is 19.9 Å². The highest BCUT2D eigenvalue weighted by Gasteiger charge is 2.36. The number of ether oxygens (including phenoxy) is 2. The van der Waals surface area contributed by atoms with E-state index in [-0.39, 0.29) is 12.7 Å². The predicted molar refractivity (Wildman–Crippen MR) is 71.9 cm³/mol. The summed E-state index contributed by atoms with van der Waals surface area (Å²) >= 11 is 0. The zero-order chi connectivity index (χ0) is 14.3. The first-order valence-corrected chi connectivity index (χ1v) is 6.24. The number of rotatable bonds is 8. The highest BCUT2D eigenvalue weighted by molar-refractivity contribution is 5.80. The number of aliphatic carboxylic acids is 1. The quantitative estimate of drug-likeness (QED) is 0.695. The molecule has 0 aliphatic rings. The van der Waals surface area contributed by atoms with Crippen molar-refractivity contribution in [3.8, 4) is 0 Å². The Kier molecular flexibility index (Phi) is 5.95. The lowest BCUT2D eigenvalue weighted by molar-refractivity contribution is -0.146. The minimum Gasteiger partial charge on any atom is -0.480 e. The zero-order valence-corrected chi connectivity index (χ0v) is 11.3. The molecule has 3 N–H and O–H groups in total. The molecule has 0 heterocycles. The molecule has 1 aromatic carbocycles. The molecule has 0 aliphatic carbocycles. The van der Waals surface area contributed by atoms with Crippen molar-refractivity contribution in [2.24, 2.45) is 5.73 Å². The standard InChI is InChI=1S/C14H21NO4/c1-11(2)19-9-8-18-10-14(15,13(16)17)12-6-4-3-5-7-12/h3-7,11H,8-10,15H2,1-2H3,(H,16,17). The van der Waals surface area contributed by atoms with Gasteiger partial charge in [0.25, 0.3) is 0 Å². The van der Waals surface area contributed by atoms with E-state index in [0.29, 0.717) is 18.8 Å². The molecule has 0 saturated heterocycles. The Balaban J connectivity index is 2.56. The molecule has 0 bridgehead atoms. The van der Waals surface area contributed by atoms with Crippen LogP contribution in [0.2, 0.25) is 0 Å². The van der Waals surface area contributed by atoms with E-state index in [1.165, 1.54) is 0 Å². The smallest absolute Gasteiger partial charge is 0.330 e. The molecular weight excluding hydrogens is 246 g/mol. The van der Waals surface area contributed by atoms with E-state index in [4.69, 9.17) is 15.2 Å². The summed E-state index contributed by atoms with van der Waals surface area (Å²) in [5, 5.41) is 9.29. The Labute approximate surface area is 113 Å². The summed E-state index contributed by atoms with van der Waals surface area (Å²) in [6, 6.07) is 8.68. The lowest BCUT2D eigenvalue weighted by Gasteiger charge is -2.25. The van der Waals surface area contributed by atoms with Crippen LogP contribution in [0.25, 0.3) is 0 Å². The summed E-state index contributed by atoms with van der Waals surface area (Å²) in [7, 11) is 0.